The molecule has 7 heteroatoms. The number of hydrogen-bond donors (Lipinski definition) is 2. The lowest BCUT2D eigenvalue weighted by Gasteiger charge is -2.11. The zero-order chi connectivity index (χ0) is 14.3. The second-order valence-electron chi connectivity index (χ2n) is 3.87. The second-order valence-corrected chi connectivity index (χ2v) is 3.87. The van der Waals surface area contributed by atoms with E-state index in [1.165, 1.54) is 16.9 Å². The molecule has 0 aromatic carbocycles. The molecule has 104 valence electrons. The Hall–Kier alpha value is -2.15. The predicted octanol–water partition coefficient (Wildman–Crippen LogP) is 0.887. The van der Waals surface area contributed by atoms with Gasteiger partial charge in [-0.3, -0.25) is 14.3 Å². The van der Waals surface area contributed by atoms with E-state index in [0.717, 1.165) is 0 Å². The maximum atomic E-state index is 11.7. The van der Waals surface area contributed by atoms with E-state index in [4.69, 9.17) is 9.84 Å². The third-order valence-electron chi connectivity index (χ3n) is 2.25. The minimum Gasteiger partial charge on any atom is -0.480 e. The molecule has 0 radical (unpaired) electrons. The van der Waals surface area contributed by atoms with Crippen LogP contribution in [0.2, 0.25) is 0 Å². The topological polar surface area (TPSA) is 93.5 Å². The standard InChI is InChI=1S/C12H17N3O4/c1-3-4-7-19-9(2)12(18)13-10-5-6-15(14-10)8-11(16)17/h3,5-6,9H,1,4,7-8H2,2H3,(H,16,17)(H,13,14,18). The van der Waals surface area contributed by atoms with Crippen molar-refractivity contribution in [2.24, 2.45) is 0 Å². The number of nitrogens with zero attached hydrogens (tertiary/aromatic N) is 2. The Morgan fingerprint density at radius 2 is 2.42 bits per heavy atom. The zero-order valence-corrected chi connectivity index (χ0v) is 10.7. The van der Waals surface area contributed by atoms with E-state index in [2.05, 4.69) is 17.0 Å². The summed E-state index contributed by atoms with van der Waals surface area (Å²) >= 11 is 0. The number of carboxylic acid groups (broad SMARTS) is 1. The molecule has 1 aromatic rings. The maximum Gasteiger partial charge on any atom is 0.325 e. The van der Waals surface area contributed by atoms with E-state index >= 15 is 0 Å². The monoisotopic (exact) mass is 267 g/mol. The van der Waals surface area contributed by atoms with Crippen molar-refractivity contribution >= 4 is 17.7 Å². The molecule has 7 nitrogen and oxygen atoms in total. The van der Waals surface area contributed by atoms with Gasteiger partial charge in [-0.25, -0.2) is 0 Å². The van der Waals surface area contributed by atoms with Crippen LogP contribution >= 0.6 is 0 Å². The summed E-state index contributed by atoms with van der Waals surface area (Å²) in [4.78, 5) is 22.2. The number of carboxylic acids is 1. The Morgan fingerprint density at radius 1 is 1.68 bits per heavy atom. The minimum absolute atomic E-state index is 0.249. The number of carbonyl (C=O) groups excluding carboxylic acids is 1. The van der Waals surface area contributed by atoms with E-state index in [0.29, 0.717) is 18.8 Å². The number of anilines is 1. The van der Waals surface area contributed by atoms with Gasteiger partial charge in [0.2, 0.25) is 0 Å². The molecule has 0 spiro atoms. The third kappa shape index (κ3) is 5.35. The first-order valence-electron chi connectivity index (χ1n) is 5.81. The molecule has 1 atom stereocenters. The van der Waals surface area contributed by atoms with Crippen LogP contribution in [0.5, 0.6) is 0 Å². The van der Waals surface area contributed by atoms with Crippen LogP contribution in [0.4, 0.5) is 5.82 Å². The highest BCUT2D eigenvalue weighted by atomic mass is 16.5. The van der Waals surface area contributed by atoms with Crippen molar-refractivity contribution < 1.29 is 19.4 Å². The van der Waals surface area contributed by atoms with Crippen LogP contribution in [0.1, 0.15) is 13.3 Å². The number of ether oxygens (including phenoxy) is 1. The summed E-state index contributed by atoms with van der Waals surface area (Å²) in [6.45, 7) is 5.36. The fourth-order valence-electron chi connectivity index (χ4n) is 1.29. The first kappa shape index (κ1) is 14.9. The smallest absolute Gasteiger partial charge is 0.325 e. The molecule has 1 aromatic heterocycles. The molecule has 2 N–H and O–H groups in total. The van der Waals surface area contributed by atoms with Gasteiger partial charge in [-0.15, -0.1) is 6.58 Å². The predicted molar refractivity (Wildman–Crippen MR) is 68.7 cm³/mol. The summed E-state index contributed by atoms with van der Waals surface area (Å²) in [6.07, 6.45) is 3.25. The van der Waals surface area contributed by atoms with Crippen LogP contribution in [0.3, 0.4) is 0 Å². The van der Waals surface area contributed by atoms with Crippen LogP contribution in [0, 0.1) is 0 Å². The van der Waals surface area contributed by atoms with Crippen LogP contribution in [0.25, 0.3) is 0 Å². The summed E-state index contributed by atoms with van der Waals surface area (Å²) in [7, 11) is 0. The molecule has 1 rings (SSSR count). The first-order chi connectivity index (χ1) is 9.02. The van der Waals surface area contributed by atoms with E-state index < -0.39 is 12.1 Å². The number of hydrogen-bond acceptors (Lipinski definition) is 4. The Labute approximate surface area is 110 Å². The lowest BCUT2D eigenvalue weighted by atomic mass is 10.3. The molecule has 0 saturated heterocycles. The number of nitrogens with one attached hydrogen (secondary N) is 1. The van der Waals surface area contributed by atoms with Gasteiger partial charge in [-0.05, 0) is 13.3 Å². The van der Waals surface area contributed by atoms with Gasteiger partial charge in [-0.1, -0.05) is 6.08 Å². The van der Waals surface area contributed by atoms with Crippen LogP contribution < -0.4 is 5.32 Å². The molecule has 0 aliphatic carbocycles. The Kier molecular flexibility index (Phi) is 5.74. The molecule has 0 saturated carbocycles. The van der Waals surface area contributed by atoms with Crippen LogP contribution in [-0.2, 0) is 20.9 Å². The number of aliphatic carboxylic acids is 1. The maximum absolute atomic E-state index is 11.7. The number of carbonyl (C=O) groups is 2. The summed E-state index contributed by atoms with van der Waals surface area (Å²) < 4.78 is 6.50. The average molecular weight is 267 g/mol. The SMILES string of the molecule is C=CCCOC(C)C(=O)Nc1ccn(CC(=O)O)n1. The molecule has 19 heavy (non-hydrogen) atoms. The molecule has 0 aliphatic heterocycles. The number of aromatic nitrogens is 2. The fraction of sp³-hybridized carbons (Fsp3) is 0.417. The average Bonchev–Trinajstić information content (AvgIpc) is 2.75. The van der Waals surface area contributed by atoms with Crippen molar-refractivity contribution in [1.82, 2.24) is 9.78 Å². The van der Waals surface area contributed by atoms with Gasteiger partial charge < -0.3 is 15.2 Å². The summed E-state index contributed by atoms with van der Waals surface area (Å²) in [5.41, 5.74) is 0. The lowest BCUT2D eigenvalue weighted by Crippen LogP contribution is -2.28. The van der Waals surface area contributed by atoms with Gasteiger partial charge in [0.15, 0.2) is 5.82 Å². The van der Waals surface area contributed by atoms with E-state index in [1.807, 2.05) is 0 Å². The number of rotatable bonds is 8. The van der Waals surface area contributed by atoms with E-state index in [1.54, 1.807) is 13.0 Å². The molecule has 1 amide bonds. The van der Waals surface area contributed by atoms with Crippen molar-refractivity contribution in [3.05, 3.63) is 24.9 Å². The first-order valence-corrected chi connectivity index (χ1v) is 5.81. The fourth-order valence-corrected chi connectivity index (χ4v) is 1.29. The summed E-state index contributed by atoms with van der Waals surface area (Å²) in [6, 6.07) is 1.53. The molecule has 0 fully saturated rings. The summed E-state index contributed by atoms with van der Waals surface area (Å²) in [5.74, 6) is -1.03. The zero-order valence-electron chi connectivity index (χ0n) is 10.7. The van der Waals surface area contributed by atoms with Crippen molar-refractivity contribution in [1.29, 1.82) is 0 Å². The van der Waals surface area contributed by atoms with Gasteiger partial charge in [-0.2, -0.15) is 5.10 Å². The van der Waals surface area contributed by atoms with E-state index in [-0.39, 0.29) is 12.5 Å². The highest BCUT2D eigenvalue weighted by Gasteiger charge is 2.14. The molecule has 0 bridgehead atoms. The van der Waals surface area contributed by atoms with Crippen LogP contribution in [-0.4, -0.2) is 39.5 Å². The Morgan fingerprint density at radius 3 is 3.05 bits per heavy atom. The van der Waals surface area contributed by atoms with Gasteiger partial charge in [0.05, 0.1) is 6.61 Å². The van der Waals surface area contributed by atoms with Gasteiger partial charge in [0.25, 0.3) is 5.91 Å². The van der Waals surface area contributed by atoms with Crippen molar-refractivity contribution in [3.63, 3.8) is 0 Å². The van der Waals surface area contributed by atoms with Gasteiger partial charge >= 0.3 is 5.97 Å². The second kappa shape index (κ2) is 7.32. The van der Waals surface area contributed by atoms with Gasteiger partial charge in [0, 0.05) is 12.3 Å². The largest absolute Gasteiger partial charge is 0.480 e. The lowest BCUT2D eigenvalue weighted by molar-refractivity contribution is -0.137. The summed E-state index contributed by atoms with van der Waals surface area (Å²) in [5, 5.41) is 15.0. The van der Waals surface area contributed by atoms with Crippen molar-refractivity contribution in [2.45, 2.75) is 26.0 Å². The highest BCUT2D eigenvalue weighted by molar-refractivity contribution is 5.93. The molecular weight excluding hydrogens is 250 g/mol. The molecule has 1 heterocycles. The van der Waals surface area contributed by atoms with E-state index in [9.17, 15) is 9.59 Å². The quantitative estimate of drug-likeness (QED) is 0.539. The van der Waals surface area contributed by atoms with Crippen LogP contribution in [0.15, 0.2) is 24.9 Å². The third-order valence-corrected chi connectivity index (χ3v) is 2.25. The highest BCUT2D eigenvalue weighted by Crippen LogP contribution is 2.04. The molecule has 1 unspecified atom stereocenters. The van der Waals surface area contributed by atoms with Crippen molar-refractivity contribution in [3.8, 4) is 0 Å². The molecular formula is C12H17N3O4. The van der Waals surface area contributed by atoms with Crippen molar-refractivity contribution in [2.75, 3.05) is 11.9 Å². The molecule has 0 aliphatic rings. The Bertz CT molecular complexity index is 456. The minimum atomic E-state index is -0.998. The Balaban J connectivity index is 2.45. The van der Waals surface area contributed by atoms with Gasteiger partial charge in [0.1, 0.15) is 12.6 Å². The normalized spacial score (nSPS) is 11.8. The number of amides is 1.